The number of fused-ring (bicyclic) bond motifs is 1. The predicted molar refractivity (Wildman–Crippen MR) is 62.5 cm³/mol. The van der Waals surface area contributed by atoms with Crippen LogP contribution in [-0.4, -0.2) is 28.1 Å². The van der Waals surface area contributed by atoms with Gasteiger partial charge in [-0.15, -0.1) is 0 Å². The summed E-state index contributed by atoms with van der Waals surface area (Å²) in [4.78, 5) is 0. The van der Waals surface area contributed by atoms with Crippen LogP contribution in [0.4, 0.5) is 0 Å². The molecule has 0 saturated carbocycles. The normalized spacial score (nSPS) is 13.8. The second-order valence-electron chi connectivity index (χ2n) is 3.52. The monoisotopic (exact) mass is 278 g/mol. The Morgan fingerprint density at radius 2 is 2.18 bits per heavy atom. The Bertz CT molecular complexity index is 526. The molecular formula is C10H11ClO5S. The zero-order valence-corrected chi connectivity index (χ0v) is 10.7. The van der Waals surface area contributed by atoms with E-state index in [1.165, 1.54) is 7.11 Å². The molecule has 0 N–H and O–H groups in total. The van der Waals surface area contributed by atoms with E-state index in [4.69, 9.17) is 24.9 Å². The van der Waals surface area contributed by atoms with E-state index >= 15 is 0 Å². The van der Waals surface area contributed by atoms with Crippen LogP contribution in [0.15, 0.2) is 12.1 Å². The summed E-state index contributed by atoms with van der Waals surface area (Å²) in [6.07, 6.45) is 0.304. The average Bonchev–Trinajstić information content (AvgIpc) is 2.72. The maximum absolute atomic E-state index is 10.9. The van der Waals surface area contributed by atoms with Crippen molar-refractivity contribution in [1.82, 2.24) is 0 Å². The first-order valence-corrected chi connectivity index (χ1v) is 7.36. The third kappa shape index (κ3) is 2.95. The highest BCUT2D eigenvalue weighted by Crippen LogP contribution is 2.41. The molecule has 0 unspecified atom stereocenters. The molecule has 0 amide bonds. The Kier molecular flexibility index (Phi) is 3.35. The highest BCUT2D eigenvalue weighted by molar-refractivity contribution is 8.13. The number of rotatable bonds is 4. The van der Waals surface area contributed by atoms with Crippen LogP contribution in [0.5, 0.6) is 17.2 Å². The van der Waals surface area contributed by atoms with Gasteiger partial charge >= 0.3 is 0 Å². The summed E-state index contributed by atoms with van der Waals surface area (Å²) in [5.74, 6) is 1.51. The van der Waals surface area contributed by atoms with Gasteiger partial charge in [-0.1, -0.05) is 0 Å². The third-order valence-corrected chi connectivity index (χ3v) is 3.51. The van der Waals surface area contributed by atoms with Crippen molar-refractivity contribution in [2.24, 2.45) is 0 Å². The molecule has 1 aromatic carbocycles. The number of hydrogen-bond acceptors (Lipinski definition) is 5. The maximum atomic E-state index is 10.9. The lowest BCUT2D eigenvalue weighted by atomic mass is 10.1. The van der Waals surface area contributed by atoms with Gasteiger partial charge in [0.05, 0.1) is 12.9 Å². The molecule has 94 valence electrons. The Labute approximate surface area is 104 Å². The van der Waals surface area contributed by atoms with Crippen molar-refractivity contribution in [3.05, 3.63) is 17.7 Å². The molecular weight excluding hydrogens is 268 g/mol. The van der Waals surface area contributed by atoms with E-state index in [2.05, 4.69) is 0 Å². The summed E-state index contributed by atoms with van der Waals surface area (Å²) >= 11 is 0. The van der Waals surface area contributed by atoms with Crippen molar-refractivity contribution in [3.63, 3.8) is 0 Å². The lowest BCUT2D eigenvalue weighted by Gasteiger charge is -2.07. The van der Waals surface area contributed by atoms with Gasteiger partial charge in [0.25, 0.3) is 0 Å². The molecule has 0 bridgehead atoms. The number of halogens is 1. The van der Waals surface area contributed by atoms with Crippen molar-refractivity contribution in [1.29, 1.82) is 0 Å². The van der Waals surface area contributed by atoms with Gasteiger partial charge in [-0.05, 0) is 24.1 Å². The van der Waals surface area contributed by atoms with E-state index in [-0.39, 0.29) is 12.5 Å². The lowest BCUT2D eigenvalue weighted by Crippen LogP contribution is -2.01. The van der Waals surface area contributed by atoms with E-state index in [1.54, 1.807) is 12.1 Å². The van der Waals surface area contributed by atoms with E-state index in [1.807, 2.05) is 0 Å². The molecule has 1 aliphatic heterocycles. The lowest BCUT2D eigenvalue weighted by molar-refractivity contribution is 0.171. The fraction of sp³-hybridized carbons (Fsp3) is 0.400. The summed E-state index contributed by atoms with van der Waals surface area (Å²) in [5.41, 5.74) is 0.773. The van der Waals surface area contributed by atoms with Crippen LogP contribution in [0.25, 0.3) is 0 Å². The van der Waals surface area contributed by atoms with Crippen molar-refractivity contribution >= 4 is 19.7 Å². The van der Waals surface area contributed by atoms with Gasteiger partial charge in [-0.25, -0.2) is 8.42 Å². The van der Waals surface area contributed by atoms with Crippen LogP contribution in [0.3, 0.4) is 0 Å². The Morgan fingerprint density at radius 1 is 1.41 bits per heavy atom. The molecule has 5 nitrogen and oxygen atoms in total. The summed E-state index contributed by atoms with van der Waals surface area (Å²) in [5, 5.41) is 0. The zero-order valence-electron chi connectivity index (χ0n) is 9.10. The molecule has 1 aromatic rings. The molecule has 0 spiro atoms. The zero-order chi connectivity index (χ0) is 12.5. The SMILES string of the molecule is COc1cc(CCS(=O)(=O)Cl)cc2c1OCO2. The molecule has 2 rings (SSSR count). The standard InChI is InChI=1S/C10H11ClO5S/c1-14-8-4-7(2-3-17(11,12)13)5-9-10(8)16-6-15-9/h4-5H,2-3,6H2,1H3. The van der Waals surface area contributed by atoms with Crippen LogP contribution >= 0.6 is 10.7 Å². The van der Waals surface area contributed by atoms with Gasteiger partial charge in [0.15, 0.2) is 11.5 Å². The number of aryl methyl sites for hydroxylation is 1. The molecule has 0 atom stereocenters. The molecule has 17 heavy (non-hydrogen) atoms. The van der Waals surface area contributed by atoms with Gasteiger partial charge in [0, 0.05) is 10.7 Å². The van der Waals surface area contributed by atoms with Crippen molar-refractivity contribution in [3.8, 4) is 17.2 Å². The van der Waals surface area contributed by atoms with Gasteiger partial charge in [0.1, 0.15) is 0 Å². The first-order chi connectivity index (χ1) is 7.99. The van der Waals surface area contributed by atoms with Crippen LogP contribution in [0.1, 0.15) is 5.56 Å². The largest absolute Gasteiger partial charge is 0.493 e. The molecule has 0 saturated heterocycles. The first-order valence-electron chi connectivity index (χ1n) is 4.88. The average molecular weight is 279 g/mol. The van der Waals surface area contributed by atoms with Gasteiger partial charge < -0.3 is 14.2 Å². The minimum atomic E-state index is -3.50. The third-order valence-electron chi connectivity index (χ3n) is 2.35. The van der Waals surface area contributed by atoms with Crippen molar-refractivity contribution < 1.29 is 22.6 Å². The summed E-state index contributed by atoms with van der Waals surface area (Å²) in [6.45, 7) is 0.142. The van der Waals surface area contributed by atoms with Gasteiger partial charge in [-0.2, -0.15) is 0 Å². The second kappa shape index (κ2) is 4.62. The Balaban J connectivity index is 2.24. The van der Waals surface area contributed by atoms with E-state index in [9.17, 15) is 8.42 Å². The summed E-state index contributed by atoms with van der Waals surface area (Å²) in [7, 11) is 3.18. The minimum Gasteiger partial charge on any atom is -0.493 e. The minimum absolute atomic E-state index is 0.128. The van der Waals surface area contributed by atoms with Crippen LogP contribution in [0.2, 0.25) is 0 Å². The molecule has 0 aliphatic carbocycles. The molecule has 1 aliphatic rings. The Morgan fingerprint density at radius 3 is 2.82 bits per heavy atom. The van der Waals surface area contributed by atoms with Gasteiger partial charge in [0.2, 0.25) is 21.6 Å². The molecule has 7 heteroatoms. The molecule has 0 radical (unpaired) electrons. The number of ether oxygens (including phenoxy) is 3. The highest BCUT2D eigenvalue weighted by atomic mass is 35.7. The van der Waals surface area contributed by atoms with Crippen LogP contribution in [0, 0.1) is 0 Å². The number of benzene rings is 1. The molecule has 1 heterocycles. The van der Waals surface area contributed by atoms with E-state index < -0.39 is 9.05 Å². The first kappa shape index (κ1) is 12.3. The van der Waals surface area contributed by atoms with Crippen molar-refractivity contribution in [2.45, 2.75) is 6.42 Å². The predicted octanol–water partition coefficient (Wildman–Crippen LogP) is 1.53. The highest BCUT2D eigenvalue weighted by Gasteiger charge is 2.20. The second-order valence-corrected chi connectivity index (χ2v) is 6.42. The fourth-order valence-corrected chi connectivity index (χ4v) is 2.28. The van der Waals surface area contributed by atoms with Crippen LogP contribution < -0.4 is 14.2 Å². The summed E-state index contributed by atoms with van der Waals surface area (Å²) in [6, 6.07) is 3.45. The smallest absolute Gasteiger partial charge is 0.232 e. The quantitative estimate of drug-likeness (QED) is 0.782. The molecule has 0 aromatic heterocycles. The Hall–Kier alpha value is -1.14. The fourth-order valence-electron chi connectivity index (χ4n) is 1.57. The molecule has 0 fully saturated rings. The van der Waals surface area contributed by atoms with Crippen LogP contribution in [-0.2, 0) is 15.5 Å². The topological polar surface area (TPSA) is 61.8 Å². The van der Waals surface area contributed by atoms with E-state index in [0.717, 1.165) is 5.56 Å². The maximum Gasteiger partial charge on any atom is 0.232 e. The van der Waals surface area contributed by atoms with Crippen molar-refractivity contribution in [2.75, 3.05) is 19.7 Å². The number of methoxy groups -OCH3 is 1. The van der Waals surface area contributed by atoms with E-state index in [0.29, 0.717) is 23.7 Å². The number of hydrogen-bond donors (Lipinski definition) is 0. The summed E-state index contributed by atoms with van der Waals surface area (Å²) < 4.78 is 37.3. The van der Waals surface area contributed by atoms with Gasteiger partial charge in [-0.3, -0.25) is 0 Å².